The van der Waals surface area contributed by atoms with Crippen LogP contribution in [0, 0.1) is 6.92 Å². The standard InChI is InChI=1S/C23H28N2O6S2/c1-17-2-5-19(6-3-17)33(28,29)23-15-32(26,27)14-20(23)25-10-8-24(9-11-25)13-18-4-7-21-22(12-18)31-16-30-21/h2-7,12,20,23H,8-11,13-16H2,1H3/t20-,23-/m1/s1. The van der Waals surface area contributed by atoms with Crippen LogP contribution in [0.1, 0.15) is 11.1 Å². The summed E-state index contributed by atoms with van der Waals surface area (Å²) in [5.74, 6) is 1.09. The quantitative estimate of drug-likeness (QED) is 0.620. The van der Waals surface area contributed by atoms with Crippen molar-refractivity contribution in [3.05, 3.63) is 53.6 Å². The topological polar surface area (TPSA) is 93.2 Å². The second kappa shape index (κ2) is 8.57. The minimum Gasteiger partial charge on any atom is -0.454 e. The average molecular weight is 493 g/mol. The molecule has 178 valence electrons. The summed E-state index contributed by atoms with van der Waals surface area (Å²) in [7, 11) is -7.17. The molecule has 0 radical (unpaired) electrons. The molecule has 33 heavy (non-hydrogen) atoms. The monoisotopic (exact) mass is 492 g/mol. The summed E-state index contributed by atoms with van der Waals surface area (Å²) in [6, 6.07) is 12.1. The van der Waals surface area contributed by atoms with Crippen molar-refractivity contribution in [1.82, 2.24) is 9.80 Å². The molecule has 0 bridgehead atoms. The highest BCUT2D eigenvalue weighted by atomic mass is 32.2. The number of sulfone groups is 2. The highest BCUT2D eigenvalue weighted by Gasteiger charge is 2.48. The fourth-order valence-electron chi connectivity index (χ4n) is 4.89. The lowest BCUT2D eigenvalue weighted by molar-refractivity contribution is 0.101. The molecule has 2 aromatic rings. The number of piperazine rings is 1. The summed E-state index contributed by atoms with van der Waals surface area (Å²) in [4.78, 5) is 4.54. The van der Waals surface area contributed by atoms with Gasteiger partial charge < -0.3 is 9.47 Å². The first-order chi connectivity index (χ1) is 15.7. The molecule has 2 saturated heterocycles. The Morgan fingerprint density at radius 2 is 1.64 bits per heavy atom. The van der Waals surface area contributed by atoms with Gasteiger partial charge in [0.05, 0.1) is 21.7 Å². The minimum atomic E-state index is -3.75. The molecular weight excluding hydrogens is 464 g/mol. The van der Waals surface area contributed by atoms with Gasteiger partial charge in [-0.3, -0.25) is 9.80 Å². The molecule has 3 heterocycles. The highest BCUT2D eigenvalue weighted by molar-refractivity contribution is 7.96. The van der Waals surface area contributed by atoms with Gasteiger partial charge in [-0.25, -0.2) is 16.8 Å². The first-order valence-electron chi connectivity index (χ1n) is 11.1. The molecule has 2 fully saturated rings. The van der Waals surface area contributed by atoms with E-state index in [4.69, 9.17) is 9.47 Å². The molecule has 2 aromatic carbocycles. The number of fused-ring (bicyclic) bond motifs is 1. The molecule has 0 aromatic heterocycles. The Kier molecular flexibility index (Phi) is 5.88. The smallest absolute Gasteiger partial charge is 0.231 e. The first-order valence-corrected chi connectivity index (χ1v) is 14.4. The predicted octanol–water partition coefficient (Wildman–Crippen LogP) is 1.48. The van der Waals surface area contributed by atoms with Gasteiger partial charge in [0.1, 0.15) is 0 Å². The van der Waals surface area contributed by atoms with E-state index in [1.54, 1.807) is 24.3 Å². The lowest BCUT2D eigenvalue weighted by atomic mass is 10.1. The Hall–Kier alpha value is -2.14. The number of benzene rings is 2. The van der Waals surface area contributed by atoms with E-state index in [0.29, 0.717) is 13.1 Å². The van der Waals surface area contributed by atoms with Crippen LogP contribution in [0.5, 0.6) is 11.5 Å². The van der Waals surface area contributed by atoms with Crippen LogP contribution in [-0.4, -0.2) is 82.4 Å². The fourth-order valence-corrected chi connectivity index (χ4v) is 9.72. The van der Waals surface area contributed by atoms with Gasteiger partial charge in [-0.15, -0.1) is 0 Å². The van der Waals surface area contributed by atoms with Gasteiger partial charge >= 0.3 is 0 Å². The predicted molar refractivity (Wildman–Crippen MR) is 124 cm³/mol. The van der Waals surface area contributed by atoms with Crippen molar-refractivity contribution in [1.29, 1.82) is 0 Å². The van der Waals surface area contributed by atoms with Crippen LogP contribution < -0.4 is 9.47 Å². The SMILES string of the molecule is Cc1ccc(S(=O)(=O)[C@@H]2CS(=O)(=O)C[C@H]2N2CCN(Cc3ccc4c(c3)OCO4)CC2)cc1. The zero-order chi connectivity index (χ0) is 23.2. The summed E-state index contributed by atoms with van der Waals surface area (Å²) >= 11 is 0. The molecule has 3 aliphatic heterocycles. The minimum absolute atomic E-state index is 0.106. The summed E-state index contributed by atoms with van der Waals surface area (Å²) in [6.45, 7) is 5.62. The van der Waals surface area contributed by atoms with Crippen LogP contribution >= 0.6 is 0 Å². The van der Waals surface area contributed by atoms with Crippen molar-refractivity contribution in [2.24, 2.45) is 0 Å². The molecule has 0 amide bonds. The molecule has 8 nitrogen and oxygen atoms in total. The molecule has 0 saturated carbocycles. The maximum Gasteiger partial charge on any atom is 0.231 e. The molecule has 0 N–H and O–H groups in total. The van der Waals surface area contributed by atoms with Crippen molar-refractivity contribution in [3.63, 3.8) is 0 Å². The van der Waals surface area contributed by atoms with Gasteiger partial charge in [0.2, 0.25) is 6.79 Å². The number of hydrogen-bond donors (Lipinski definition) is 0. The van der Waals surface area contributed by atoms with Gasteiger partial charge in [0, 0.05) is 38.8 Å². The lowest BCUT2D eigenvalue weighted by Gasteiger charge is -2.39. The van der Waals surface area contributed by atoms with Gasteiger partial charge in [-0.1, -0.05) is 23.8 Å². The first kappa shape index (κ1) is 22.6. The van der Waals surface area contributed by atoms with Crippen molar-refractivity contribution in [2.75, 3.05) is 44.5 Å². The Balaban J connectivity index is 1.28. The van der Waals surface area contributed by atoms with Crippen LogP contribution in [0.2, 0.25) is 0 Å². The zero-order valence-corrected chi connectivity index (χ0v) is 20.1. The number of rotatable bonds is 5. The Morgan fingerprint density at radius 1 is 0.939 bits per heavy atom. The molecule has 2 atom stereocenters. The van der Waals surface area contributed by atoms with E-state index < -0.39 is 31.0 Å². The van der Waals surface area contributed by atoms with Gasteiger partial charge in [0.15, 0.2) is 31.2 Å². The van der Waals surface area contributed by atoms with E-state index in [1.165, 1.54) is 0 Å². The van der Waals surface area contributed by atoms with Gasteiger partial charge in [-0.2, -0.15) is 0 Å². The van der Waals surface area contributed by atoms with Crippen molar-refractivity contribution in [3.8, 4) is 11.5 Å². The molecule has 5 rings (SSSR count). The second-order valence-electron chi connectivity index (χ2n) is 9.04. The number of hydrogen-bond acceptors (Lipinski definition) is 8. The Morgan fingerprint density at radius 3 is 2.36 bits per heavy atom. The Bertz CT molecular complexity index is 1240. The fraction of sp³-hybridized carbons (Fsp3) is 0.478. The van der Waals surface area contributed by atoms with E-state index in [-0.39, 0.29) is 23.2 Å². The average Bonchev–Trinajstić information content (AvgIpc) is 3.38. The van der Waals surface area contributed by atoms with Crippen LogP contribution in [0.3, 0.4) is 0 Å². The normalized spacial score (nSPS) is 25.4. The van der Waals surface area contributed by atoms with Gasteiger partial charge in [-0.05, 0) is 36.8 Å². The van der Waals surface area contributed by atoms with E-state index >= 15 is 0 Å². The lowest BCUT2D eigenvalue weighted by Crippen LogP contribution is -2.54. The van der Waals surface area contributed by atoms with Crippen molar-refractivity contribution >= 4 is 19.7 Å². The summed E-state index contributed by atoms with van der Waals surface area (Å²) in [5.41, 5.74) is 2.08. The molecule has 3 aliphatic rings. The molecule has 0 aliphatic carbocycles. The summed E-state index contributed by atoms with van der Waals surface area (Å²) in [5, 5.41) is -0.939. The van der Waals surface area contributed by atoms with E-state index in [2.05, 4.69) is 9.80 Å². The summed E-state index contributed by atoms with van der Waals surface area (Å²) < 4.78 is 62.5. The maximum absolute atomic E-state index is 13.4. The third kappa shape index (κ3) is 4.62. The number of ether oxygens (including phenoxy) is 2. The van der Waals surface area contributed by atoms with Crippen LogP contribution in [-0.2, 0) is 26.2 Å². The van der Waals surface area contributed by atoms with Crippen LogP contribution in [0.4, 0.5) is 0 Å². The third-order valence-electron chi connectivity index (χ3n) is 6.74. The van der Waals surface area contributed by atoms with Gasteiger partial charge in [0.25, 0.3) is 0 Å². The van der Waals surface area contributed by atoms with E-state index in [0.717, 1.165) is 42.3 Å². The maximum atomic E-state index is 13.4. The summed E-state index contributed by atoms with van der Waals surface area (Å²) in [6.07, 6.45) is 0. The van der Waals surface area contributed by atoms with Crippen LogP contribution in [0.25, 0.3) is 0 Å². The number of nitrogens with zero attached hydrogens (tertiary/aromatic N) is 2. The van der Waals surface area contributed by atoms with Crippen molar-refractivity contribution < 1.29 is 26.3 Å². The van der Waals surface area contributed by atoms with Crippen LogP contribution in [0.15, 0.2) is 47.4 Å². The molecule has 10 heteroatoms. The highest BCUT2D eigenvalue weighted by Crippen LogP contribution is 2.33. The largest absolute Gasteiger partial charge is 0.454 e. The zero-order valence-electron chi connectivity index (χ0n) is 18.5. The number of aryl methyl sites for hydroxylation is 1. The molecule has 0 spiro atoms. The molecular formula is C23H28N2O6S2. The third-order valence-corrected chi connectivity index (χ3v) is 10.9. The Labute approximate surface area is 194 Å². The van der Waals surface area contributed by atoms with E-state index in [1.807, 2.05) is 25.1 Å². The van der Waals surface area contributed by atoms with E-state index in [9.17, 15) is 16.8 Å². The van der Waals surface area contributed by atoms with Crippen molar-refractivity contribution in [2.45, 2.75) is 29.7 Å². The second-order valence-corrected chi connectivity index (χ2v) is 13.4. The molecule has 0 unspecified atom stereocenters.